The van der Waals surface area contributed by atoms with Gasteiger partial charge in [0.15, 0.2) is 0 Å². The fourth-order valence-electron chi connectivity index (χ4n) is 2.65. The molecule has 3 rings (SSSR count). The average Bonchev–Trinajstić information content (AvgIpc) is 2.90. The van der Waals surface area contributed by atoms with Gasteiger partial charge >= 0.3 is 5.97 Å². The molecule has 0 radical (unpaired) electrons. The van der Waals surface area contributed by atoms with Crippen molar-refractivity contribution in [2.45, 2.75) is 26.4 Å². The first-order valence-corrected chi connectivity index (χ1v) is 8.01. The molecule has 0 bridgehead atoms. The minimum atomic E-state index is -0.492. The van der Waals surface area contributed by atoms with Crippen molar-refractivity contribution in [1.82, 2.24) is 4.57 Å². The molecular formula is C21H21NO2. The maximum atomic E-state index is 12.0. The molecule has 0 aliphatic heterocycles. The van der Waals surface area contributed by atoms with E-state index in [1.807, 2.05) is 51.1 Å². The van der Waals surface area contributed by atoms with E-state index in [-0.39, 0.29) is 5.97 Å². The lowest BCUT2D eigenvalue weighted by Gasteiger charge is -2.18. The molecule has 0 spiro atoms. The van der Waals surface area contributed by atoms with Crippen LogP contribution in [0.5, 0.6) is 0 Å². The molecule has 3 nitrogen and oxygen atoms in total. The maximum Gasteiger partial charge on any atom is 0.331 e. The normalized spacial score (nSPS) is 12.0. The van der Waals surface area contributed by atoms with E-state index in [0.717, 1.165) is 22.3 Å². The van der Waals surface area contributed by atoms with Gasteiger partial charge in [0.25, 0.3) is 0 Å². The number of aromatic nitrogens is 1. The first-order chi connectivity index (χ1) is 11.4. The Morgan fingerprint density at radius 1 is 1.00 bits per heavy atom. The summed E-state index contributed by atoms with van der Waals surface area (Å²) in [5.74, 6) is -0.340. The second-order valence-electron chi connectivity index (χ2n) is 6.67. The molecule has 0 fully saturated rings. The lowest BCUT2D eigenvalue weighted by Crippen LogP contribution is -2.22. The zero-order valence-electron chi connectivity index (χ0n) is 14.2. The predicted molar refractivity (Wildman–Crippen MR) is 98.2 cm³/mol. The van der Waals surface area contributed by atoms with Crippen LogP contribution in [0.4, 0.5) is 0 Å². The van der Waals surface area contributed by atoms with Crippen molar-refractivity contribution < 1.29 is 9.53 Å². The first kappa shape index (κ1) is 16.1. The van der Waals surface area contributed by atoms with Crippen LogP contribution in [0, 0.1) is 0 Å². The fourth-order valence-corrected chi connectivity index (χ4v) is 2.65. The molecule has 0 saturated heterocycles. The predicted octanol–water partition coefficient (Wildman–Crippen LogP) is 4.99. The number of para-hydroxylation sites is 2. The summed E-state index contributed by atoms with van der Waals surface area (Å²) < 4.78 is 7.48. The van der Waals surface area contributed by atoms with E-state index in [4.69, 9.17) is 4.74 Å². The van der Waals surface area contributed by atoms with Crippen molar-refractivity contribution in [3.8, 4) is 5.69 Å². The third-order valence-electron chi connectivity index (χ3n) is 3.55. The van der Waals surface area contributed by atoms with E-state index in [0.29, 0.717) is 0 Å². The molecule has 0 unspecified atom stereocenters. The van der Waals surface area contributed by atoms with Crippen LogP contribution < -0.4 is 0 Å². The molecule has 0 aliphatic carbocycles. The van der Waals surface area contributed by atoms with Crippen LogP contribution in [0.1, 0.15) is 26.5 Å². The second kappa shape index (κ2) is 6.36. The Morgan fingerprint density at radius 3 is 2.38 bits per heavy atom. The lowest BCUT2D eigenvalue weighted by atomic mass is 10.2. The van der Waals surface area contributed by atoms with Crippen LogP contribution in [-0.2, 0) is 9.53 Å². The van der Waals surface area contributed by atoms with E-state index in [1.54, 1.807) is 6.08 Å². The third-order valence-corrected chi connectivity index (χ3v) is 3.55. The molecule has 0 atom stereocenters. The zero-order chi connectivity index (χ0) is 17.2. The van der Waals surface area contributed by atoms with E-state index in [9.17, 15) is 4.79 Å². The summed E-state index contributed by atoms with van der Waals surface area (Å²) in [7, 11) is 0. The van der Waals surface area contributed by atoms with Crippen LogP contribution in [0.3, 0.4) is 0 Å². The molecular weight excluding hydrogens is 298 g/mol. The number of carbonyl (C=O) groups is 1. The number of fused-ring (bicyclic) bond motifs is 1. The number of nitrogens with zero attached hydrogens (tertiary/aromatic N) is 1. The zero-order valence-corrected chi connectivity index (χ0v) is 14.2. The average molecular weight is 319 g/mol. The Morgan fingerprint density at radius 2 is 1.67 bits per heavy atom. The Bertz CT molecular complexity index is 883. The van der Waals surface area contributed by atoms with Crippen LogP contribution in [-0.4, -0.2) is 16.1 Å². The molecule has 0 N–H and O–H groups in total. The van der Waals surface area contributed by atoms with Gasteiger partial charge in [0.1, 0.15) is 5.60 Å². The molecule has 3 heteroatoms. The number of ether oxygens (including phenoxy) is 1. The van der Waals surface area contributed by atoms with Gasteiger partial charge in [0.05, 0.1) is 5.52 Å². The Balaban J connectivity index is 2.03. The van der Waals surface area contributed by atoms with Crippen molar-refractivity contribution in [2.75, 3.05) is 0 Å². The van der Waals surface area contributed by atoms with E-state index < -0.39 is 5.60 Å². The summed E-state index contributed by atoms with van der Waals surface area (Å²) in [5.41, 5.74) is 2.61. The van der Waals surface area contributed by atoms with Crippen LogP contribution in [0.15, 0.2) is 66.7 Å². The summed E-state index contributed by atoms with van der Waals surface area (Å²) in [4.78, 5) is 12.0. The van der Waals surface area contributed by atoms with Crippen LogP contribution in [0.2, 0.25) is 0 Å². The molecule has 24 heavy (non-hydrogen) atoms. The number of rotatable bonds is 3. The van der Waals surface area contributed by atoms with Crippen molar-refractivity contribution >= 4 is 22.9 Å². The number of carbonyl (C=O) groups excluding carboxylic acids is 1. The summed E-state index contributed by atoms with van der Waals surface area (Å²) in [5, 5.41) is 1.13. The minimum absolute atomic E-state index is 0.340. The number of hydrogen-bond acceptors (Lipinski definition) is 2. The van der Waals surface area contributed by atoms with Crippen molar-refractivity contribution in [3.05, 3.63) is 72.4 Å². The molecule has 1 aromatic heterocycles. The Kier molecular flexibility index (Phi) is 4.26. The highest BCUT2D eigenvalue weighted by Gasteiger charge is 2.14. The standard InChI is InChI=1S/C21H21NO2/c1-21(2,3)24-20(23)14-13-18-15-16-9-7-8-12-19(16)22(18)17-10-5-4-6-11-17/h4-15H,1-3H3/b14-13+. The second-order valence-corrected chi connectivity index (χ2v) is 6.67. The van der Waals surface area contributed by atoms with Crippen molar-refractivity contribution in [3.63, 3.8) is 0 Å². The van der Waals surface area contributed by atoms with Crippen molar-refractivity contribution in [1.29, 1.82) is 0 Å². The topological polar surface area (TPSA) is 31.2 Å². The van der Waals surface area contributed by atoms with Gasteiger partial charge in [-0.15, -0.1) is 0 Å². The van der Waals surface area contributed by atoms with Gasteiger partial charge in [-0.05, 0) is 51.1 Å². The maximum absolute atomic E-state index is 12.0. The van der Waals surface area contributed by atoms with Gasteiger partial charge in [-0.3, -0.25) is 0 Å². The monoisotopic (exact) mass is 319 g/mol. The van der Waals surface area contributed by atoms with Gasteiger partial charge in [-0.2, -0.15) is 0 Å². The van der Waals surface area contributed by atoms with Gasteiger partial charge < -0.3 is 9.30 Å². The SMILES string of the molecule is CC(C)(C)OC(=O)/C=C/c1cc2ccccc2n1-c1ccccc1. The Hall–Kier alpha value is -2.81. The molecule has 3 aromatic rings. The fraction of sp³-hybridized carbons (Fsp3) is 0.190. The molecule has 0 aliphatic rings. The van der Waals surface area contributed by atoms with Crippen LogP contribution >= 0.6 is 0 Å². The largest absolute Gasteiger partial charge is 0.457 e. The Labute approximate surface area is 142 Å². The van der Waals surface area contributed by atoms with Gasteiger partial charge in [0.2, 0.25) is 0 Å². The van der Waals surface area contributed by atoms with Crippen molar-refractivity contribution in [2.24, 2.45) is 0 Å². The van der Waals surface area contributed by atoms with Gasteiger partial charge in [-0.1, -0.05) is 36.4 Å². The number of benzene rings is 2. The lowest BCUT2D eigenvalue weighted by molar-refractivity contribution is -0.148. The van der Waals surface area contributed by atoms with Gasteiger partial charge in [-0.25, -0.2) is 4.79 Å². The molecule has 122 valence electrons. The molecule has 0 amide bonds. The van der Waals surface area contributed by atoms with Crippen LogP contribution in [0.25, 0.3) is 22.7 Å². The number of hydrogen-bond donors (Lipinski definition) is 0. The summed E-state index contributed by atoms with van der Waals surface area (Å²) >= 11 is 0. The third kappa shape index (κ3) is 3.57. The molecule has 1 heterocycles. The van der Waals surface area contributed by atoms with E-state index in [2.05, 4.69) is 34.9 Å². The van der Waals surface area contributed by atoms with Gasteiger partial charge in [0, 0.05) is 22.8 Å². The van der Waals surface area contributed by atoms with E-state index in [1.165, 1.54) is 6.08 Å². The quantitative estimate of drug-likeness (QED) is 0.503. The molecule has 2 aromatic carbocycles. The van der Waals surface area contributed by atoms with E-state index >= 15 is 0 Å². The smallest absolute Gasteiger partial charge is 0.331 e. The number of esters is 1. The molecule has 0 saturated carbocycles. The highest BCUT2D eigenvalue weighted by atomic mass is 16.6. The highest BCUT2D eigenvalue weighted by Crippen LogP contribution is 2.25. The summed E-state index contributed by atoms with van der Waals surface area (Å²) in [6.07, 6.45) is 3.29. The summed E-state index contributed by atoms with van der Waals surface area (Å²) in [6, 6.07) is 20.4. The summed E-state index contributed by atoms with van der Waals surface area (Å²) in [6.45, 7) is 5.58. The highest BCUT2D eigenvalue weighted by molar-refractivity contribution is 5.90. The first-order valence-electron chi connectivity index (χ1n) is 8.01. The minimum Gasteiger partial charge on any atom is -0.457 e.